The van der Waals surface area contributed by atoms with E-state index in [0.29, 0.717) is 11.5 Å². The van der Waals surface area contributed by atoms with Gasteiger partial charge in [0, 0.05) is 12.6 Å². The molecular weight excluding hydrogens is 232 g/mol. The molecular formula is C14H31ClN2. The molecule has 0 heterocycles. The fourth-order valence-corrected chi connectivity index (χ4v) is 3.17. The Kier molecular flexibility index (Phi) is 8.44. The number of hydrogen-bond donors (Lipinski definition) is 1. The maximum atomic E-state index is 6.18. The van der Waals surface area contributed by atoms with E-state index in [0.717, 1.165) is 6.42 Å². The predicted octanol–water partition coefficient (Wildman–Crippen LogP) is 3.44. The van der Waals surface area contributed by atoms with Gasteiger partial charge in [0.15, 0.2) is 0 Å². The molecule has 1 aliphatic carbocycles. The number of nitrogens with zero attached hydrogens (tertiary/aromatic N) is 1. The molecule has 0 aromatic heterocycles. The van der Waals surface area contributed by atoms with Crippen LogP contribution in [0.15, 0.2) is 0 Å². The summed E-state index contributed by atoms with van der Waals surface area (Å²) in [5, 5.41) is 0. The maximum absolute atomic E-state index is 6.18. The van der Waals surface area contributed by atoms with Crippen LogP contribution in [0.3, 0.4) is 0 Å². The number of rotatable bonds is 7. The van der Waals surface area contributed by atoms with Crippen LogP contribution in [0.5, 0.6) is 0 Å². The van der Waals surface area contributed by atoms with Crippen molar-refractivity contribution in [1.82, 2.24) is 4.90 Å². The molecule has 0 bridgehead atoms. The molecule has 1 atom stereocenters. The molecule has 1 fully saturated rings. The molecule has 0 radical (unpaired) electrons. The molecule has 2 N–H and O–H groups in total. The van der Waals surface area contributed by atoms with Crippen LogP contribution in [0.2, 0.25) is 0 Å². The van der Waals surface area contributed by atoms with E-state index in [1.807, 2.05) is 0 Å². The van der Waals surface area contributed by atoms with Crippen molar-refractivity contribution >= 4 is 12.4 Å². The summed E-state index contributed by atoms with van der Waals surface area (Å²) in [6.45, 7) is 10.4. The van der Waals surface area contributed by atoms with Crippen molar-refractivity contribution in [3.05, 3.63) is 0 Å². The molecule has 2 nitrogen and oxygen atoms in total. The molecule has 0 spiro atoms. The van der Waals surface area contributed by atoms with Gasteiger partial charge in [0.05, 0.1) is 0 Å². The summed E-state index contributed by atoms with van der Waals surface area (Å²) in [4.78, 5) is 2.58. The summed E-state index contributed by atoms with van der Waals surface area (Å²) >= 11 is 0. The summed E-state index contributed by atoms with van der Waals surface area (Å²) in [6.07, 6.45) is 7.99. The Bertz CT molecular complexity index is 187. The van der Waals surface area contributed by atoms with Crippen molar-refractivity contribution in [3.63, 3.8) is 0 Å². The molecule has 3 heteroatoms. The van der Waals surface area contributed by atoms with Gasteiger partial charge in [-0.1, -0.05) is 33.6 Å². The first-order valence-corrected chi connectivity index (χ1v) is 7.13. The minimum absolute atomic E-state index is 0. The highest BCUT2D eigenvalue weighted by molar-refractivity contribution is 5.85. The summed E-state index contributed by atoms with van der Waals surface area (Å²) < 4.78 is 0. The van der Waals surface area contributed by atoms with Gasteiger partial charge in [0.1, 0.15) is 0 Å². The van der Waals surface area contributed by atoms with E-state index in [1.54, 1.807) is 0 Å². The van der Waals surface area contributed by atoms with Gasteiger partial charge in [-0.05, 0) is 44.2 Å². The van der Waals surface area contributed by atoms with Crippen LogP contribution in [0.4, 0.5) is 0 Å². The first-order chi connectivity index (χ1) is 7.65. The summed E-state index contributed by atoms with van der Waals surface area (Å²) in [5.41, 5.74) is 6.72. The highest BCUT2D eigenvalue weighted by Gasteiger charge is 2.35. The third kappa shape index (κ3) is 5.15. The number of halogens is 1. The Morgan fingerprint density at radius 1 is 1.12 bits per heavy atom. The Morgan fingerprint density at radius 3 is 2.06 bits per heavy atom. The van der Waals surface area contributed by atoms with E-state index in [2.05, 4.69) is 25.7 Å². The van der Waals surface area contributed by atoms with E-state index in [1.165, 1.54) is 51.7 Å². The molecule has 0 saturated heterocycles. The second-order valence-corrected chi connectivity index (χ2v) is 5.54. The minimum Gasteiger partial charge on any atom is -0.328 e. The van der Waals surface area contributed by atoms with Gasteiger partial charge < -0.3 is 10.6 Å². The van der Waals surface area contributed by atoms with E-state index >= 15 is 0 Å². The van der Waals surface area contributed by atoms with Crippen LogP contribution < -0.4 is 5.73 Å². The average Bonchev–Trinajstić information content (AvgIpc) is 2.74. The lowest BCUT2D eigenvalue weighted by atomic mass is 9.79. The maximum Gasteiger partial charge on any atom is 0.00419 e. The van der Waals surface area contributed by atoms with Crippen molar-refractivity contribution in [2.75, 3.05) is 19.6 Å². The average molecular weight is 263 g/mol. The van der Waals surface area contributed by atoms with E-state index in [9.17, 15) is 0 Å². The first kappa shape index (κ1) is 17.2. The van der Waals surface area contributed by atoms with Crippen LogP contribution in [-0.2, 0) is 0 Å². The van der Waals surface area contributed by atoms with E-state index < -0.39 is 0 Å². The molecule has 1 aliphatic rings. The highest BCUT2D eigenvalue weighted by Crippen LogP contribution is 2.42. The van der Waals surface area contributed by atoms with Gasteiger partial charge in [-0.2, -0.15) is 0 Å². The number of nitrogens with two attached hydrogens (primary N) is 1. The highest BCUT2D eigenvalue weighted by atomic mass is 35.5. The van der Waals surface area contributed by atoms with Gasteiger partial charge in [0.2, 0.25) is 0 Å². The molecule has 0 aliphatic heterocycles. The summed E-state index contributed by atoms with van der Waals surface area (Å²) in [5.74, 6) is 0. The molecule has 1 unspecified atom stereocenters. The summed E-state index contributed by atoms with van der Waals surface area (Å²) in [7, 11) is 0. The van der Waals surface area contributed by atoms with Gasteiger partial charge in [-0.25, -0.2) is 0 Å². The van der Waals surface area contributed by atoms with Crippen molar-refractivity contribution in [1.29, 1.82) is 0 Å². The van der Waals surface area contributed by atoms with Gasteiger partial charge in [-0.3, -0.25) is 0 Å². The fraction of sp³-hybridized carbons (Fsp3) is 1.00. The first-order valence-electron chi connectivity index (χ1n) is 7.13. The Balaban J connectivity index is 0.00000256. The van der Waals surface area contributed by atoms with Crippen molar-refractivity contribution in [2.45, 2.75) is 65.3 Å². The van der Waals surface area contributed by atoms with Gasteiger partial charge >= 0.3 is 0 Å². The number of hydrogen-bond acceptors (Lipinski definition) is 2. The van der Waals surface area contributed by atoms with Crippen molar-refractivity contribution in [3.8, 4) is 0 Å². The quantitative estimate of drug-likeness (QED) is 0.762. The van der Waals surface area contributed by atoms with Crippen LogP contribution in [0, 0.1) is 5.41 Å². The topological polar surface area (TPSA) is 29.3 Å². The SMILES string of the molecule is CCC(N)CC1(CN(CC)CC)CCCC1.Cl. The second-order valence-electron chi connectivity index (χ2n) is 5.54. The van der Waals surface area contributed by atoms with Crippen molar-refractivity contribution in [2.24, 2.45) is 11.1 Å². The Hall–Kier alpha value is 0.210. The fourth-order valence-electron chi connectivity index (χ4n) is 3.17. The van der Waals surface area contributed by atoms with Crippen molar-refractivity contribution < 1.29 is 0 Å². The second kappa shape index (κ2) is 8.34. The standard InChI is InChI=1S/C14H30N2.ClH/c1-4-13(15)11-14(9-7-8-10-14)12-16(5-2)6-3;/h13H,4-12,15H2,1-3H3;1H. The zero-order valence-electron chi connectivity index (χ0n) is 11.9. The van der Waals surface area contributed by atoms with Crippen LogP contribution in [0.25, 0.3) is 0 Å². The van der Waals surface area contributed by atoms with Crippen LogP contribution >= 0.6 is 12.4 Å². The molecule has 0 aromatic carbocycles. The lowest BCUT2D eigenvalue weighted by molar-refractivity contribution is 0.142. The normalized spacial score (nSPS) is 20.3. The molecule has 17 heavy (non-hydrogen) atoms. The van der Waals surface area contributed by atoms with Gasteiger partial charge in [-0.15, -0.1) is 12.4 Å². The minimum atomic E-state index is 0. The van der Waals surface area contributed by atoms with Crippen LogP contribution in [-0.4, -0.2) is 30.6 Å². The summed E-state index contributed by atoms with van der Waals surface area (Å²) in [6, 6.07) is 0.411. The molecule has 104 valence electrons. The molecule has 1 rings (SSSR count). The third-order valence-electron chi connectivity index (χ3n) is 4.34. The lowest BCUT2D eigenvalue weighted by Gasteiger charge is -2.36. The third-order valence-corrected chi connectivity index (χ3v) is 4.34. The zero-order chi connectivity index (χ0) is 12.0. The van der Waals surface area contributed by atoms with Gasteiger partial charge in [0.25, 0.3) is 0 Å². The van der Waals surface area contributed by atoms with E-state index in [4.69, 9.17) is 5.73 Å². The molecule has 0 amide bonds. The smallest absolute Gasteiger partial charge is 0.00419 e. The largest absolute Gasteiger partial charge is 0.328 e. The molecule has 1 saturated carbocycles. The lowest BCUT2D eigenvalue weighted by Crippen LogP contribution is -2.40. The monoisotopic (exact) mass is 262 g/mol. The Morgan fingerprint density at radius 2 is 1.65 bits per heavy atom. The van der Waals surface area contributed by atoms with E-state index in [-0.39, 0.29) is 12.4 Å². The van der Waals surface area contributed by atoms with Crippen LogP contribution in [0.1, 0.15) is 59.3 Å². The Labute approximate surface area is 114 Å². The molecule has 0 aromatic rings. The zero-order valence-corrected chi connectivity index (χ0v) is 12.7. The predicted molar refractivity (Wildman–Crippen MR) is 78.8 cm³/mol.